The molecule has 0 aromatic heterocycles. The standard InChI is InChI=1S/C20H21ClFNO3/c1-20(25)13-23(19(24)11-14-4-2-5-15(21)10-14)9-8-18(20)26-17-7-3-6-16(22)12-17/h2-7,10,12,18,25H,8-9,11,13H2,1H3/t18-,20-/m0/s1. The highest BCUT2D eigenvalue weighted by Crippen LogP contribution is 2.27. The fourth-order valence-electron chi connectivity index (χ4n) is 3.19. The second-order valence-electron chi connectivity index (χ2n) is 6.83. The van der Waals surface area contributed by atoms with Gasteiger partial charge in [-0.1, -0.05) is 29.8 Å². The molecule has 1 aliphatic heterocycles. The molecule has 0 aliphatic carbocycles. The van der Waals surface area contributed by atoms with Crippen LogP contribution in [0.4, 0.5) is 4.39 Å². The van der Waals surface area contributed by atoms with Crippen molar-refractivity contribution in [2.75, 3.05) is 13.1 Å². The number of hydrogen-bond donors (Lipinski definition) is 1. The van der Waals surface area contributed by atoms with Gasteiger partial charge in [0.05, 0.1) is 13.0 Å². The molecule has 1 heterocycles. The number of hydrogen-bond acceptors (Lipinski definition) is 3. The summed E-state index contributed by atoms with van der Waals surface area (Å²) in [6.45, 7) is 2.26. The Balaban J connectivity index is 1.63. The Bertz CT molecular complexity index is 796. The van der Waals surface area contributed by atoms with Gasteiger partial charge in [0.1, 0.15) is 23.3 Å². The summed E-state index contributed by atoms with van der Waals surface area (Å²) in [7, 11) is 0. The van der Waals surface area contributed by atoms with Crippen molar-refractivity contribution in [3.63, 3.8) is 0 Å². The summed E-state index contributed by atoms with van der Waals surface area (Å²) in [5.74, 6) is -0.0954. The molecule has 1 amide bonds. The lowest BCUT2D eigenvalue weighted by atomic mass is 9.91. The molecule has 1 saturated heterocycles. The number of carbonyl (C=O) groups excluding carboxylic acids is 1. The Hall–Kier alpha value is -2.11. The molecular weight excluding hydrogens is 357 g/mol. The number of nitrogens with zero attached hydrogens (tertiary/aromatic N) is 1. The van der Waals surface area contributed by atoms with Crippen molar-refractivity contribution in [2.24, 2.45) is 0 Å². The number of aliphatic hydroxyl groups is 1. The van der Waals surface area contributed by atoms with E-state index in [2.05, 4.69) is 0 Å². The number of halogens is 2. The number of benzene rings is 2. The summed E-state index contributed by atoms with van der Waals surface area (Å²) in [4.78, 5) is 14.2. The molecule has 0 spiro atoms. The summed E-state index contributed by atoms with van der Waals surface area (Å²) in [5, 5.41) is 11.3. The van der Waals surface area contributed by atoms with Crippen molar-refractivity contribution < 1.29 is 19.0 Å². The number of amides is 1. The first-order valence-corrected chi connectivity index (χ1v) is 8.88. The van der Waals surface area contributed by atoms with Crippen molar-refractivity contribution in [3.8, 4) is 5.75 Å². The first-order valence-electron chi connectivity index (χ1n) is 8.50. The van der Waals surface area contributed by atoms with Crippen molar-refractivity contribution in [2.45, 2.75) is 31.5 Å². The maximum absolute atomic E-state index is 13.3. The van der Waals surface area contributed by atoms with Gasteiger partial charge in [0.15, 0.2) is 0 Å². The minimum atomic E-state index is -1.23. The molecule has 4 nitrogen and oxygen atoms in total. The first-order chi connectivity index (χ1) is 12.3. The van der Waals surface area contributed by atoms with Crippen LogP contribution >= 0.6 is 11.6 Å². The lowest BCUT2D eigenvalue weighted by molar-refractivity contribution is -0.145. The van der Waals surface area contributed by atoms with E-state index in [-0.39, 0.29) is 18.9 Å². The molecule has 0 saturated carbocycles. The number of piperidine rings is 1. The number of likely N-dealkylation sites (tertiary alicyclic amines) is 1. The van der Waals surface area contributed by atoms with Crippen LogP contribution in [0.25, 0.3) is 0 Å². The maximum Gasteiger partial charge on any atom is 0.227 e. The Morgan fingerprint density at radius 1 is 1.35 bits per heavy atom. The van der Waals surface area contributed by atoms with E-state index in [9.17, 15) is 14.3 Å². The van der Waals surface area contributed by atoms with Crippen LogP contribution in [-0.2, 0) is 11.2 Å². The van der Waals surface area contributed by atoms with Crippen LogP contribution in [0.3, 0.4) is 0 Å². The molecule has 2 aromatic carbocycles. The number of carbonyl (C=O) groups is 1. The molecule has 0 unspecified atom stereocenters. The first kappa shape index (κ1) is 18.7. The monoisotopic (exact) mass is 377 g/mol. The van der Waals surface area contributed by atoms with Gasteiger partial charge in [-0.05, 0) is 36.8 Å². The molecule has 2 atom stereocenters. The summed E-state index contributed by atoms with van der Waals surface area (Å²) < 4.78 is 19.1. The second kappa shape index (κ2) is 7.64. The van der Waals surface area contributed by atoms with Gasteiger partial charge in [-0.15, -0.1) is 0 Å². The number of rotatable bonds is 4. The fourth-order valence-corrected chi connectivity index (χ4v) is 3.40. The average Bonchev–Trinajstić information content (AvgIpc) is 2.56. The minimum Gasteiger partial charge on any atom is -0.487 e. The van der Waals surface area contributed by atoms with E-state index >= 15 is 0 Å². The highest BCUT2D eigenvalue weighted by molar-refractivity contribution is 6.30. The molecule has 3 rings (SSSR count). The van der Waals surface area contributed by atoms with E-state index < -0.39 is 17.5 Å². The van der Waals surface area contributed by atoms with Crippen LogP contribution in [0.2, 0.25) is 5.02 Å². The molecule has 6 heteroatoms. The topological polar surface area (TPSA) is 49.8 Å². The predicted molar refractivity (Wildman–Crippen MR) is 97.8 cm³/mol. The lowest BCUT2D eigenvalue weighted by Crippen LogP contribution is -2.58. The van der Waals surface area contributed by atoms with Gasteiger partial charge in [0.25, 0.3) is 0 Å². The van der Waals surface area contributed by atoms with E-state index in [0.29, 0.717) is 23.7 Å². The van der Waals surface area contributed by atoms with Gasteiger partial charge in [-0.25, -0.2) is 4.39 Å². The Kier molecular flexibility index (Phi) is 5.49. The van der Waals surface area contributed by atoms with Gasteiger partial charge in [0, 0.05) is 24.1 Å². The molecular formula is C20H21ClFNO3. The van der Waals surface area contributed by atoms with Crippen LogP contribution < -0.4 is 4.74 Å². The van der Waals surface area contributed by atoms with Crippen molar-refractivity contribution >= 4 is 17.5 Å². The van der Waals surface area contributed by atoms with Crippen molar-refractivity contribution in [3.05, 3.63) is 64.9 Å². The van der Waals surface area contributed by atoms with E-state index in [1.54, 1.807) is 42.2 Å². The Morgan fingerprint density at radius 3 is 2.81 bits per heavy atom. The summed E-state index contributed by atoms with van der Waals surface area (Å²) in [6.07, 6.45) is 0.177. The third kappa shape index (κ3) is 4.54. The molecule has 1 aliphatic rings. The van der Waals surface area contributed by atoms with Crippen LogP contribution in [-0.4, -0.2) is 40.7 Å². The molecule has 138 valence electrons. The minimum absolute atomic E-state index is 0.0725. The van der Waals surface area contributed by atoms with Gasteiger partial charge in [-0.2, -0.15) is 0 Å². The second-order valence-corrected chi connectivity index (χ2v) is 7.27. The lowest BCUT2D eigenvalue weighted by Gasteiger charge is -2.42. The zero-order valence-corrected chi connectivity index (χ0v) is 15.2. The number of β-amino-alcohol motifs (C(OH)–C–C–N with tert-alkyl or cyclic N) is 1. The van der Waals surface area contributed by atoms with E-state index in [1.165, 1.54) is 12.1 Å². The zero-order valence-electron chi connectivity index (χ0n) is 14.5. The smallest absolute Gasteiger partial charge is 0.227 e. The Labute approximate surface area is 157 Å². The Morgan fingerprint density at radius 2 is 2.12 bits per heavy atom. The van der Waals surface area contributed by atoms with E-state index in [1.807, 2.05) is 6.07 Å². The highest BCUT2D eigenvalue weighted by atomic mass is 35.5. The molecule has 2 aromatic rings. The summed E-state index contributed by atoms with van der Waals surface area (Å²) in [6, 6.07) is 13.0. The van der Waals surface area contributed by atoms with Crippen molar-refractivity contribution in [1.82, 2.24) is 4.90 Å². The normalized spacial score (nSPS) is 22.9. The zero-order chi connectivity index (χ0) is 18.7. The predicted octanol–water partition coefficient (Wildman–Crippen LogP) is 3.45. The SMILES string of the molecule is C[C@]1(O)CN(C(=O)Cc2cccc(Cl)c2)CC[C@@H]1Oc1cccc(F)c1. The van der Waals surface area contributed by atoms with Crippen LogP contribution in [0.1, 0.15) is 18.9 Å². The maximum atomic E-state index is 13.3. The van der Waals surface area contributed by atoms with Gasteiger partial charge < -0.3 is 14.7 Å². The quantitative estimate of drug-likeness (QED) is 0.887. The summed E-state index contributed by atoms with van der Waals surface area (Å²) in [5.41, 5.74) is -0.394. The van der Waals surface area contributed by atoms with Crippen LogP contribution in [0, 0.1) is 5.82 Å². The molecule has 0 bridgehead atoms. The van der Waals surface area contributed by atoms with Gasteiger partial charge in [-0.3, -0.25) is 4.79 Å². The van der Waals surface area contributed by atoms with Crippen molar-refractivity contribution in [1.29, 1.82) is 0 Å². The van der Waals surface area contributed by atoms with Gasteiger partial charge in [0.2, 0.25) is 5.91 Å². The van der Waals surface area contributed by atoms with Crippen LogP contribution in [0.15, 0.2) is 48.5 Å². The average molecular weight is 378 g/mol. The molecule has 0 radical (unpaired) electrons. The summed E-state index contributed by atoms with van der Waals surface area (Å²) >= 11 is 5.96. The molecule has 26 heavy (non-hydrogen) atoms. The van der Waals surface area contributed by atoms with E-state index in [0.717, 1.165) is 5.56 Å². The largest absolute Gasteiger partial charge is 0.487 e. The number of ether oxygens (including phenoxy) is 1. The highest BCUT2D eigenvalue weighted by Gasteiger charge is 2.41. The third-order valence-electron chi connectivity index (χ3n) is 4.54. The van der Waals surface area contributed by atoms with Crippen LogP contribution in [0.5, 0.6) is 5.75 Å². The van der Waals surface area contributed by atoms with Gasteiger partial charge >= 0.3 is 0 Å². The molecule has 1 fully saturated rings. The third-order valence-corrected chi connectivity index (χ3v) is 4.77. The van der Waals surface area contributed by atoms with E-state index in [4.69, 9.17) is 16.3 Å². The molecule has 1 N–H and O–H groups in total. The fraction of sp³-hybridized carbons (Fsp3) is 0.350.